The molecule has 2 unspecified atom stereocenters. The minimum Gasteiger partial charge on any atom is -0.330 e. The van der Waals surface area contributed by atoms with E-state index in [0.717, 1.165) is 19.4 Å². The van der Waals surface area contributed by atoms with Gasteiger partial charge in [-0.2, -0.15) is 0 Å². The van der Waals surface area contributed by atoms with Gasteiger partial charge in [-0.05, 0) is 38.9 Å². The number of sulfone groups is 1. The minimum absolute atomic E-state index is 0.222. The van der Waals surface area contributed by atoms with E-state index in [1.54, 1.807) is 0 Å². The van der Waals surface area contributed by atoms with E-state index in [4.69, 9.17) is 5.73 Å². The van der Waals surface area contributed by atoms with Crippen molar-refractivity contribution >= 4 is 9.84 Å². The maximum Gasteiger partial charge on any atom is 0.151 e. The molecule has 15 heavy (non-hydrogen) atoms. The predicted molar refractivity (Wildman–Crippen MR) is 62.5 cm³/mol. The van der Waals surface area contributed by atoms with Crippen LogP contribution < -0.4 is 5.73 Å². The van der Waals surface area contributed by atoms with Crippen LogP contribution in [-0.4, -0.2) is 51.0 Å². The van der Waals surface area contributed by atoms with Crippen LogP contribution in [0.15, 0.2) is 0 Å². The van der Waals surface area contributed by atoms with Crippen molar-refractivity contribution in [1.29, 1.82) is 0 Å². The van der Waals surface area contributed by atoms with E-state index in [2.05, 4.69) is 11.8 Å². The van der Waals surface area contributed by atoms with Gasteiger partial charge in [0.1, 0.15) is 0 Å². The Morgan fingerprint density at radius 1 is 1.53 bits per heavy atom. The Bertz CT molecular complexity index is 290. The molecule has 0 aromatic rings. The minimum atomic E-state index is -2.75. The first-order valence-corrected chi connectivity index (χ1v) is 7.37. The fourth-order valence-electron chi connectivity index (χ4n) is 1.85. The largest absolute Gasteiger partial charge is 0.330 e. The lowest BCUT2D eigenvalue weighted by Crippen LogP contribution is -2.34. The van der Waals surface area contributed by atoms with E-state index >= 15 is 0 Å². The third kappa shape index (κ3) is 4.09. The molecule has 0 spiro atoms. The van der Waals surface area contributed by atoms with Gasteiger partial charge in [-0.15, -0.1) is 0 Å². The molecule has 0 aromatic heterocycles. The van der Waals surface area contributed by atoms with Crippen molar-refractivity contribution < 1.29 is 8.42 Å². The number of hydrogen-bond acceptors (Lipinski definition) is 4. The second-order valence-electron chi connectivity index (χ2n) is 4.67. The summed E-state index contributed by atoms with van der Waals surface area (Å²) in [5, 5.41) is 0. The molecular formula is C10H22N2O2S. The molecular weight excluding hydrogens is 212 g/mol. The van der Waals surface area contributed by atoms with Gasteiger partial charge in [-0.3, -0.25) is 0 Å². The summed E-state index contributed by atoms with van der Waals surface area (Å²) in [6, 6.07) is 0.222. The maximum atomic E-state index is 11.3. The standard InChI is InChI=1S/C10H22N2O2S/c1-9(7-11)3-5-12(2)10-4-6-15(13,14)8-10/h9-10H,3-8,11H2,1-2H3. The summed E-state index contributed by atoms with van der Waals surface area (Å²) < 4.78 is 22.6. The van der Waals surface area contributed by atoms with Gasteiger partial charge in [0.15, 0.2) is 9.84 Å². The summed E-state index contributed by atoms with van der Waals surface area (Å²) in [5.41, 5.74) is 5.54. The summed E-state index contributed by atoms with van der Waals surface area (Å²) in [6.45, 7) is 3.77. The average molecular weight is 234 g/mol. The van der Waals surface area contributed by atoms with Gasteiger partial charge >= 0.3 is 0 Å². The Morgan fingerprint density at radius 2 is 2.20 bits per heavy atom. The summed E-state index contributed by atoms with van der Waals surface area (Å²) in [6.07, 6.45) is 1.83. The van der Waals surface area contributed by atoms with Gasteiger partial charge in [0.25, 0.3) is 0 Å². The van der Waals surface area contributed by atoms with Crippen LogP contribution in [0.4, 0.5) is 0 Å². The molecule has 0 amide bonds. The third-order valence-corrected chi connectivity index (χ3v) is 4.96. The quantitative estimate of drug-likeness (QED) is 0.732. The molecule has 1 aliphatic heterocycles. The molecule has 0 saturated carbocycles. The topological polar surface area (TPSA) is 63.4 Å². The highest BCUT2D eigenvalue weighted by atomic mass is 32.2. The van der Waals surface area contributed by atoms with Gasteiger partial charge in [-0.25, -0.2) is 8.42 Å². The zero-order chi connectivity index (χ0) is 11.5. The fourth-order valence-corrected chi connectivity index (χ4v) is 3.65. The number of hydrogen-bond donors (Lipinski definition) is 1. The molecule has 5 heteroatoms. The highest BCUT2D eigenvalue weighted by Gasteiger charge is 2.30. The van der Waals surface area contributed by atoms with E-state index in [1.165, 1.54) is 0 Å². The van der Waals surface area contributed by atoms with Crippen LogP contribution in [0.3, 0.4) is 0 Å². The van der Waals surface area contributed by atoms with Crippen LogP contribution in [0.25, 0.3) is 0 Å². The van der Waals surface area contributed by atoms with Crippen LogP contribution in [0, 0.1) is 5.92 Å². The van der Waals surface area contributed by atoms with Crippen molar-refractivity contribution in [3.8, 4) is 0 Å². The van der Waals surface area contributed by atoms with E-state index in [-0.39, 0.29) is 6.04 Å². The fraction of sp³-hybridized carbons (Fsp3) is 1.00. The van der Waals surface area contributed by atoms with Crippen LogP contribution >= 0.6 is 0 Å². The zero-order valence-electron chi connectivity index (χ0n) is 9.65. The Labute approximate surface area is 92.7 Å². The van der Waals surface area contributed by atoms with Crippen molar-refractivity contribution in [2.45, 2.75) is 25.8 Å². The second kappa shape index (κ2) is 5.27. The maximum absolute atomic E-state index is 11.3. The van der Waals surface area contributed by atoms with Crippen molar-refractivity contribution in [3.63, 3.8) is 0 Å². The average Bonchev–Trinajstić information content (AvgIpc) is 2.54. The lowest BCUT2D eigenvalue weighted by atomic mass is 10.1. The molecule has 0 bridgehead atoms. The SMILES string of the molecule is CC(CN)CCN(C)C1CCS(=O)(=O)C1. The second-order valence-corrected chi connectivity index (χ2v) is 6.90. The monoisotopic (exact) mass is 234 g/mol. The molecule has 4 nitrogen and oxygen atoms in total. The van der Waals surface area contributed by atoms with Crippen LogP contribution in [0.1, 0.15) is 19.8 Å². The van der Waals surface area contributed by atoms with Gasteiger partial charge in [0.05, 0.1) is 11.5 Å². The first kappa shape index (κ1) is 12.9. The Balaban J connectivity index is 2.32. The molecule has 1 rings (SSSR count). The molecule has 1 heterocycles. The highest BCUT2D eigenvalue weighted by Crippen LogP contribution is 2.17. The third-order valence-electron chi connectivity index (χ3n) is 3.21. The van der Waals surface area contributed by atoms with Crippen molar-refractivity contribution in [2.24, 2.45) is 11.7 Å². The Morgan fingerprint density at radius 3 is 2.67 bits per heavy atom. The van der Waals surface area contributed by atoms with E-state index in [1.807, 2.05) is 7.05 Å². The summed E-state index contributed by atoms with van der Waals surface area (Å²) in [7, 11) is -0.742. The van der Waals surface area contributed by atoms with Crippen LogP contribution in [-0.2, 0) is 9.84 Å². The number of nitrogens with two attached hydrogens (primary N) is 1. The molecule has 2 N–H and O–H groups in total. The number of rotatable bonds is 5. The van der Waals surface area contributed by atoms with Crippen LogP contribution in [0.2, 0.25) is 0 Å². The molecule has 0 radical (unpaired) electrons. The normalized spacial score (nSPS) is 27.1. The first-order valence-electron chi connectivity index (χ1n) is 5.55. The molecule has 1 aliphatic rings. The predicted octanol–water partition coefficient (Wildman–Crippen LogP) is 0.0902. The van der Waals surface area contributed by atoms with Gasteiger partial charge in [-0.1, -0.05) is 6.92 Å². The zero-order valence-corrected chi connectivity index (χ0v) is 10.5. The summed E-state index contributed by atoms with van der Waals surface area (Å²) >= 11 is 0. The first-order chi connectivity index (χ1) is 6.94. The lowest BCUT2D eigenvalue weighted by Gasteiger charge is -2.24. The smallest absolute Gasteiger partial charge is 0.151 e. The Hall–Kier alpha value is -0.130. The van der Waals surface area contributed by atoms with Gasteiger partial charge in [0, 0.05) is 6.04 Å². The summed E-state index contributed by atoms with van der Waals surface area (Å²) in [5.74, 6) is 1.21. The van der Waals surface area contributed by atoms with E-state index in [0.29, 0.717) is 24.0 Å². The van der Waals surface area contributed by atoms with Crippen molar-refractivity contribution in [2.75, 3.05) is 31.6 Å². The number of nitrogens with zero attached hydrogens (tertiary/aromatic N) is 1. The van der Waals surface area contributed by atoms with Crippen molar-refractivity contribution in [3.05, 3.63) is 0 Å². The van der Waals surface area contributed by atoms with E-state index in [9.17, 15) is 8.42 Å². The molecule has 1 saturated heterocycles. The highest BCUT2D eigenvalue weighted by molar-refractivity contribution is 7.91. The van der Waals surface area contributed by atoms with Gasteiger partial charge < -0.3 is 10.6 Å². The Kier molecular flexibility index (Phi) is 4.55. The molecule has 90 valence electrons. The molecule has 2 atom stereocenters. The molecule has 0 aliphatic carbocycles. The molecule has 0 aromatic carbocycles. The summed E-state index contributed by atoms with van der Waals surface area (Å²) in [4.78, 5) is 2.16. The van der Waals surface area contributed by atoms with Gasteiger partial charge in [0.2, 0.25) is 0 Å². The molecule has 1 fully saturated rings. The van der Waals surface area contributed by atoms with E-state index < -0.39 is 9.84 Å². The van der Waals surface area contributed by atoms with Crippen LogP contribution in [0.5, 0.6) is 0 Å². The lowest BCUT2D eigenvalue weighted by molar-refractivity contribution is 0.245. The van der Waals surface area contributed by atoms with Crippen molar-refractivity contribution in [1.82, 2.24) is 4.90 Å².